The van der Waals surface area contributed by atoms with Gasteiger partial charge < -0.3 is 14.8 Å². The van der Waals surface area contributed by atoms with Gasteiger partial charge in [0.05, 0.1) is 19.6 Å². The summed E-state index contributed by atoms with van der Waals surface area (Å²) < 4.78 is 11.6. The molecule has 0 bridgehead atoms. The van der Waals surface area contributed by atoms with Crippen LogP contribution in [0.15, 0.2) is 36.8 Å². The molecule has 150 valence electrons. The summed E-state index contributed by atoms with van der Waals surface area (Å²) >= 11 is 0. The van der Waals surface area contributed by atoms with E-state index in [1.165, 1.54) is 26.6 Å². The maximum atomic E-state index is 12.3. The van der Waals surface area contributed by atoms with Crippen molar-refractivity contribution in [1.82, 2.24) is 14.9 Å². The highest BCUT2D eigenvalue weighted by Gasteiger charge is 2.27. The SMILES string of the molecule is COC(=O)c1cncn1-c1cccc(CNC(=O)[C@H](C)C(=O)OC(C)(C)C)c1. The summed E-state index contributed by atoms with van der Waals surface area (Å²) in [6.45, 7) is 6.98. The van der Waals surface area contributed by atoms with Gasteiger partial charge >= 0.3 is 11.9 Å². The maximum absolute atomic E-state index is 12.3. The van der Waals surface area contributed by atoms with E-state index < -0.39 is 29.4 Å². The van der Waals surface area contributed by atoms with Gasteiger partial charge in [0, 0.05) is 12.2 Å². The van der Waals surface area contributed by atoms with Crippen LogP contribution in [0.3, 0.4) is 0 Å². The number of amides is 1. The molecule has 1 aromatic carbocycles. The van der Waals surface area contributed by atoms with Gasteiger partial charge in [0.1, 0.15) is 11.5 Å². The predicted molar refractivity (Wildman–Crippen MR) is 102 cm³/mol. The first-order chi connectivity index (χ1) is 13.1. The Kier molecular flexibility index (Phi) is 6.56. The second-order valence-electron chi connectivity index (χ2n) is 7.28. The van der Waals surface area contributed by atoms with Crippen molar-refractivity contribution in [3.63, 3.8) is 0 Å². The number of carbonyl (C=O) groups excluding carboxylic acids is 3. The number of hydrogen-bond acceptors (Lipinski definition) is 6. The summed E-state index contributed by atoms with van der Waals surface area (Å²) in [7, 11) is 1.30. The minimum Gasteiger partial charge on any atom is -0.464 e. The van der Waals surface area contributed by atoms with E-state index in [1.807, 2.05) is 18.2 Å². The largest absolute Gasteiger partial charge is 0.464 e. The molecule has 0 radical (unpaired) electrons. The molecule has 1 heterocycles. The number of rotatable bonds is 6. The van der Waals surface area contributed by atoms with Crippen LogP contribution in [-0.4, -0.2) is 40.1 Å². The number of esters is 2. The Labute approximate surface area is 163 Å². The smallest absolute Gasteiger partial charge is 0.356 e. The van der Waals surface area contributed by atoms with E-state index in [-0.39, 0.29) is 6.54 Å². The van der Waals surface area contributed by atoms with Crippen LogP contribution in [0, 0.1) is 5.92 Å². The van der Waals surface area contributed by atoms with Crippen molar-refractivity contribution in [2.24, 2.45) is 5.92 Å². The summed E-state index contributed by atoms with van der Waals surface area (Å²) in [5.41, 5.74) is 1.14. The van der Waals surface area contributed by atoms with Gasteiger partial charge in [-0.1, -0.05) is 12.1 Å². The molecule has 0 aliphatic rings. The Morgan fingerprint density at radius 1 is 1.25 bits per heavy atom. The first kappa shape index (κ1) is 21.1. The Hall–Kier alpha value is -3.16. The van der Waals surface area contributed by atoms with Gasteiger partial charge in [0.2, 0.25) is 5.91 Å². The normalized spacial score (nSPS) is 12.2. The zero-order valence-electron chi connectivity index (χ0n) is 16.7. The topological polar surface area (TPSA) is 99.5 Å². The number of nitrogens with zero attached hydrogens (tertiary/aromatic N) is 2. The van der Waals surface area contributed by atoms with E-state index in [0.717, 1.165) is 5.56 Å². The van der Waals surface area contributed by atoms with Gasteiger partial charge in [-0.05, 0) is 45.4 Å². The second-order valence-corrected chi connectivity index (χ2v) is 7.28. The third-order valence-corrected chi connectivity index (χ3v) is 3.84. The lowest BCUT2D eigenvalue weighted by atomic mass is 10.1. The molecule has 0 aliphatic heterocycles. The second kappa shape index (κ2) is 8.69. The molecular formula is C20H25N3O5. The molecule has 1 amide bonds. The number of aromatic nitrogens is 2. The van der Waals surface area contributed by atoms with Crippen molar-refractivity contribution >= 4 is 17.8 Å². The lowest BCUT2D eigenvalue weighted by molar-refractivity contribution is -0.161. The van der Waals surface area contributed by atoms with Gasteiger partial charge in [-0.2, -0.15) is 0 Å². The number of nitrogens with one attached hydrogen (secondary N) is 1. The highest BCUT2D eigenvalue weighted by molar-refractivity contribution is 5.97. The van der Waals surface area contributed by atoms with Crippen molar-refractivity contribution in [3.8, 4) is 5.69 Å². The van der Waals surface area contributed by atoms with Gasteiger partial charge in [-0.15, -0.1) is 0 Å². The zero-order chi connectivity index (χ0) is 20.9. The maximum Gasteiger partial charge on any atom is 0.356 e. The molecule has 1 aromatic heterocycles. The van der Waals surface area contributed by atoms with Crippen molar-refractivity contribution in [2.75, 3.05) is 7.11 Å². The van der Waals surface area contributed by atoms with Crippen LogP contribution in [-0.2, 0) is 25.6 Å². The first-order valence-electron chi connectivity index (χ1n) is 8.83. The van der Waals surface area contributed by atoms with E-state index in [4.69, 9.17) is 9.47 Å². The summed E-state index contributed by atoms with van der Waals surface area (Å²) in [5.74, 6) is -2.40. The standard InChI is InChI=1S/C20H25N3O5/c1-13(18(25)28-20(2,3)4)17(24)22-10-14-7-6-8-15(9-14)23-12-21-11-16(23)19(26)27-5/h6-9,11-13H,10H2,1-5H3,(H,22,24)/t13-/m0/s1. The van der Waals surface area contributed by atoms with Crippen LogP contribution >= 0.6 is 0 Å². The molecule has 2 rings (SSSR count). The average Bonchev–Trinajstić information content (AvgIpc) is 3.13. The number of hydrogen-bond donors (Lipinski definition) is 1. The summed E-state index contributed by atoms with van der Waals surface area (Å²) in [4.78, 5) is 40.1. The average molecular weight is 387 g/mol. The van der Waals surface area contributed by atoms with Gasteiger partial charge in [0.25, 0.3) is 0 Å². The molecule has 0 saturated carbocycles. The van der Waals surface area contributed by atoms with Crippen molar-refractivity contribution in [3.05, 3.63) is 48.0 Å². The first-order valence-corrected chi connectivity index (χ1v) is 8.83. The van der Waals surface area contributed by atoms with Crippen molar-refractivity contribution in [1.29, 1.82) is 0 Å². The Bertz CT molecular complexity index is 867. The third-order valence-electron chi connectivity index (χ3n) is 3.84. The number of carbonyl (C=O) groups is 3. The number of ether oxygens (including phenoxy) is 2. The van der Waals surface area contributed by atoms with Crippen molar-refractivity contribution in [2.45, 2.75) is 39.8 Å². The fourth-order valence-corrected chi connectivity index (χ4v) is 2.41. The van der Waals surface area contributed by atoms with Crippen molar-refractivity contribution < 1.29 is 23.9 Å². The molecule has 0 aliphatic carbocycles. The monoisotopic (exact) mass is 387 g/mol. The quantitative estimate of drug-likeness (QED) is 0.603. The van der Waals surface area contributed by atoms with Crippen LogP contribution in [0.5, 0.6) is 0 Å². The van der Waals surface area contributed by atoms with Crippen LogP contribution in [0.2, 0.25) is 0 Å². The summed E-state index contributed by atoms with van der Waals surface area (Å²) in [6, 6.07) is 7.25. The fourth-order valence-electron chi connectivity index (χ4n) is 2.41. The van der Waals surface area contributed by atoms with Crippen LogP contribution in [0.1, 0.15) is 43.7 Å². The van der Waals surface area contributed by atoms with E-state index in [1.54, 1.807) is 31.4 Å². The molecule has 1 N–H and O–H groups in total. The molecular weight excluding hydrogens is 362 g/mol. The van der Waals surface area contributed by atoms with Gasteiger partial charge in [0.15, 0.2) is 5.69 Å². The Balaban J connectivity index is 2.06. The Morgan fingerprint density at radius 3 is 2.61 bits per heavy atom. The molecule has 0 saturated heterocycles. The molecule has 0 spiro atoms. The number of benzene rings is 1. The van der Waals surface area contributed by atoms with E-state index in [2.05, 4.69) is 10.3 Å². The highest BCUT2D eigenvalue weighted by atomic mass is 16.6. The van der Waals surface area contributed by atoms with E-state index in [0.29, 0.717) is 11.4 Å². The summed E-state index contributed by atoms with van der Waals surface area (Å²) in [6.07, 6.45) is 2.93. The van der Waals surface area contributed by atoms with Crippen LogP contribution < -0.4 is 5.32 Å². The summed E-state index contributed by atoms with van der Waals surface area (Å²) in [5, 5.41) is 2.73. The molecule has 0 unspecified atom stereocenters. The van der Waals surface area contributed by atoms with E-state index in [9.17, 15) is 14.4 Å². The van der Waals surface area contributed by atoms with Crippen LogP contribution in [0.25, 0.3) is 5.69 Å². The Morgan fingerprint density at radius 2 is 1.96 bits per heavy atom. The number of methoxy groups -OCH3 is 1. The fraction of sp³-hybridized carbons (Fsp3) is 0.400. The minimum absolute atomic E-state index is 0.224. The van der Waals surface area contributed by atoms with Crippen LogP contribution in [0.4, 0.5) is 0 Å². The molecule has 8 heteroatoms. The number of imidazole rings is 1. The third kappa shape index (κ3) is 5.42. The lowest BCUT2D eigenvalue weighted by Crippen LogP contribution is -2.37. The highest BCUT2D eigenvalue weighted by Crippen LogP contribution is 2.15. The van der Waals surface area contributed by atoms with Gasteiger partial charge in [-0.3, -0.25) is 14.2 Å². The molecule has 2 aromatic rings. The molecule has 0 fully saturated rings. The predicted octanol–water partition coefficient (Wildman–Crippen LogP) is 2.25. The molecule has 1 atom stereocenters. The van der Waals surface area contributed by atoms with Gasteiger partial charge in [-0.25, -0.2) is 9.78 Å². The molecule has 28 heavy (non-hydrogen) atoms. The van der Waals surface area contributed by atoms with E-state index >= 15 is 0 Å². The lowest BCUT2D eigenvalue weighted by Gasteiger charge is -2.22. The zero-order valence-corrected chi connectivity index (χ0v) is 16.7. The minimum atomic E-state index is -0.915. The molecule has 8 nitrogen and oxygen atoms in total.